The van der Waals surface area contributed by atoms with Gasteiger partial charge in [0.25, 0.3) is 10.0 Å². The number of halogens is 2. The summed E-state index contributed by atoms with van der Waals surface area (Å²) in [7, 11) is -3.65. The minimum absolute atomic E-state index is 0.165. The maximum Gasteiger partial charge on any atom is 0.261 e. The van der Waals surface area contributed by atoms with Gasteiger partial charge in [-0.15, -0.1) is 0 Å². The zero-order valence-corrected chi connectivity index (χ0v) is 12.4. The molecule has 0 atom stereocenters. The summed E-state index contributed by atoms with van der Waals surface area (Å²) in [5, 5.41) is 0. The normalized spacial score (nSPS) is 11.3. The number of hydrogen-bond acceptors (Lipinski definition) is 2. The van der Waals surface area contributed by atoms with Gasteiger partial charge in [0.05, 0.1) is 15.1 Å². The molecule has 0 aliphatic carbocycles. The average molecular weight is 344 g/mol. The molecule has 2 rings (SSSR count). The van der Waals surface area contributed by atoms with Crippen molar-refractivity contribution in [3.05, 3.63) is 58.3 Å². The summed E-state index contributed by atoms with van der Waals surface area (Å²) in [5.41, 5.74) is 1.28. The van der Waals surface area contributed by atoms with Crippen LogP contribution in [-0.2, 0) is 10.0 Å². The van der Waals surface area contributed by atoms with Gasteiger partial charge in [-0.25, -0.2) is 12.8 Å². The molecule has 0 spiro atoms. The summed E-state index contributed by atoms with van der Waals surface area (Å²) in [6, 6.07) is 10.4. The Morgan fingerprint density at radius 2 is 1.74 bits per heavy atom. The smallest absolute Gasteiger partial charge is 0.261 e. The van der Waals surface area contributed by atoms with E-state index in [4.69, 9.17) is 0 Å². The summed E-state index contributed by atoms with van der Waals surface area (Å²) in [5.74, 6) is -0.446. The Morgan fingerprint density at radius 1 is 1.11 bits per heavy atom. The lowest BCUT2D eigenvalue weighted by Crippen LogP contribution is -2.12. The highest BCUT2D eigenvalue weighted by atomic mass is 79.9. The van der Waals surface area contributed by atoms with Crippen molar-refractivity contribution in [2.75, 3.05) is 4.72 Å². The molecule has 0 amide bonds. The van der Waals surface area contributed by atoms with Gasteiger partial charge in [-0.1, -0.05) is 17.7 Å². The molecule has 0 unspecified atom stereocenters. The van der Waals surface area contributed by atoms with Crippen LogP contribution < -0.4 is 4.72 Å². The standard InChI is InChI=1S/C13H11BrFNO2S/c1-9-2-5-11(6-3-9)19(17,18)16-10-4-7-13(15)12(14)8-10/h2-8,16H,1H3. The fourth-order valence-corrected chi connectivity index (χ4v) is 2.92. The van der Waals surface area contributed by atoms with Gasteiger partial charge in [-0.05, 0) is 53.2 Å². The van der Waals surface area contributed by atoms with Gasteiger partial charge in [-0.3, -0.25) is 4.72 Å². The van der Waals surface area contributed by atoms with Crippen LogP contribution in [-0.4, -0.2) is 8.42 Å². The van der Waals surface area contributed by atoms with E-state index < -0.39 is 15.8 Å². The number of sulfonamides is 1. The van der Waals surface area contributed by atoms with Crippen molar-refractivity contribution in [1.82, 2.24) is 0 Å². The lowest BCUT2D eigenvalue weighted by molar-refractivity contribution is 0.601. The van der Waals surface area contributed by atoms with Crippen LogP contribution in [0.15, 0.2) is 51.8 Å². The zero-order valence-electron chi connectivity index (χ0n) is 10.0. The van der Waals surface area contributed by atoms with Crippen LogP contribution in [0.4, 0.5) is 10.1 Å². The van der Waals surface area contributed by atoms with Crippen molar-refractivity contribution < 1.29 is 12.8 Å². The Hall–Kier alpha value is -1.40. The molecule has 0 fully saturated rings. The SMILES string of the molecule is Cc1ccc(S(=O)(=O)Nc2ccc(F)c(Br)c2)cc1. The minimum Gasteiger partial charge on any atom is -0.280 e. The molecule has 0 heterocycles. The van der Waals surface area contributed by atoms with E-state index in [0.717, 1.165) is 5.56 Å². The van der Waals surface area contributed by atoms with Gasteiger partial charge in [0.2, 0.25) is 0 Å². The van der Waals surface area contributed by atoms with Gasteiger partial charge in [0.15, 0.2) is 0 Å². The Labute approximate surface area is 119 Å². The van der Waals surface area contributed by atoms with E-state index in [1.165, 1.54) is 30.3 Å². The van der Waals surface area contributed by atoms with Crippen LogP contribution in [0.1, 0.15) is 5.56 Å². The van der Waals surface area contributed by atoms with Gasteiger partial charge >= 0.3 is 0 Å². The van der Waals surface area contributed by atoms with Gasteiger partial charge in [-0.2, -0.15) is 0 Å². The van der Waals surface area contributed by atoms with E-state index in [1.807, 2.05) is 6.92 Å². The zero-order chi connectivity index (χ0) is 14.0. The summed E-state index contributed by atoms with van der Waals surface area (Å²) in [6.07, 6.45) is 0. The predicted octanol–water partition coefficient (Wildman–Crippen LogP) is 3.70. The van der Waals surface area contributed by atoms with E-state index in [9.17, 15) is 12.8 Å². The minimum atomic E-state index is -3.65. The number of aryl methyl sites for hydroxylation is 1. The van der Waals surface area contributed by atoms with Crippen molar-refractivity contribution in [2.45, 2.75) is 11.8 Å². The molecule has 6 heteroatoms. The third-order valence-electron chi connectivity index (χ3n) is 2.50. The summed E-state index contributed by atoms with van der Waals surface area (Å²) in [4.78, 5) is 0.165. The fraction of sp³-hybridized carbons (Fsp3) is 0.0769. The van der Waals surface area contributed by atoms with Crippen molar-refractivity contribution in [3.63, 3.8) is 0 Å². The highest BCUT2D eigenvalue weighted by molar-refractivity contribution is 9.10. The largest absolute Gasteiger partial charge is 0.280 e. The Morgan fingerprint density at radius 3 is 2.32 bits per heavy atom. The molecule has 0 radical (unpaired) electrons. The van der Waals surface area contributed by atoms with Crippen molar-refractivity contribution in [1.29, 1.82) is 0 Å². The van der Waals surface area contributed by atoms with Gasteiger partial charge < -0.3 is 0 Å². The molecule has 0 aromatic heterocycles. The second-order valence-corrected chi connectivity index (χ2v) is 6.58. The molecule has 0 saturated heterocycles. The van der Waals surface area contributed by atoms with Crippen molar-refractivity contribution in [2.24, 2.45) is 0 Å². The maximum atomic E-state index is 13.1. The van der Waals surface area contributed by atoms with Crippen LogP contribution >= 0.6 is 15.9 Å². The number of hydrogen-bond donors (Lipinski definition) is 1. The molecular formula is C13H11BrFNO2S. The van der Waals surface area contributed by atoms with E-state index in [0.29, 0.717) is 5.69 Å². The van der Waals surface area contributed by atoms with Crippen LogP contribution in [0.2, 0.25) is 0 Å². The third kappa shape index (κ3) is 3.33. The Bertz CT molecular complexity index is 699. The molecule has 0 saturated carbocycles. The molecule has 1 N–H and O–H groups in total. The summed E-state index contributed by atoms with van der Waals surface area (Å²) >= 11 is 3.01. The first-order chi connectivity index (χ1) is 8.88. The maximum absolute atomic E-state index is 13.1. The average Bonchev–Trinajstić information content (AvgIpc) is 2.34. The lowest BCUT2D eigenvalue weighted by atomic mass is 10.2. The molecule has 19 heavy (non-hydrogen) atoms. The Kier molecular flexibility index (Phi) is 3.91. The molecule has 100 valence electrons. The molecule has 2 aromatic rings. The number of rotatable bonds is 3. The highest BCUT2D eigenvalue weighted by Crippen LogP contribution is 2.22. The van der Waals surface area contributed by atoms with Crippen LogP contribution in [0, 0.1) is 12.7 Å². The van der Waals surface area contributed by atoms with E-state index in [-0.39, 0.29) is 9.37 Å². The quantitative estimate of drug-likeness (QED) is 0.923. The van der Waals surface area contributed by atoms with E-state index >= 15 is 0 Å². The molecule has 0 aliphatic rings. The monoisotopic (exact) mass is 343 g/mol. The first-order valence-corrected chi connectivity index (χ1v) is 7.71. The topological polar surface area (TPSA) is 46.2 Å². The second kappa shape index (κ2) is 5.30. The van der Waals surface area contributed by atoms with E-state index in [1.54, 1.807) is 12.1 Å². The fourth-order valence-electron chi connectivity index (χ4n) is 1.49. The van der Waals surface area contributed by atoms with E-state index in [2.05, 4.69) is 20.7 Å². The number of anilines is 1. The summed E-state index contributed by atoms with van der Waals surface area (Å²) in [6.45, 7) is 1.88. The number of benzene rings is 2. The van der Waals surface area contributed by atoms with Crippen molar-refractivity contribution in [3.8, 4) is 0 Å². The highest BCUT2D eigenvalue weighted by Gasteiger charge is 2.14. The van der Waals surface area contributed by atoms with Crippen LogP contribution in [0.25, 0.3) is 0 Å². The van der Waals surface area contributed by atoms with Crippen LogP contribution in [0.5, 0.6) is 0 Å². The van der Waals surface area contributed by atoms with Gasteiger partial charge in [0.1, 0.15) is 5.82 Å². The summed E-state index contributed by atoms with van der Waals surface area (Å²) < 4.78 is 39.9. The predicted molar refractivity (Wildman–Crippen MR) is 76.1 cm³/mol. The van der Waals surface area contributed by atoms with Gasteiger partial charge in [0, 0.05) is 0 Å². The third-order valence-corrected chi connectivity index (χ3v) is 4.51. The number of nitrogens with one attached hydrogen (secondary N) is 1. The molecule has 0 aliphatic heterocycles. The second-order valence-electron chi connectivity index (χ2n) is 4.05. The first-order valence-electron chi connectivity index (χ1n) is 5.43. The van der Waals surface area contributed by atoms with Crippen LogP contribution in [0.3, 0.4) is 0 Å². The lowest BCUT2D eigenvalue weighted by Gasteiger charge is -2.08. The molecule has 3 nitrogen and oxygen atoms in total. The molecule has 0 bridgehead atoms. The first kappa shape index (κ1) is 14.0. The molecule has 2 aromatic carbocycles. The molecular weight excluding hydrogens is 333 g/mol. The van der Waals surface area contributed by atoms with Crippen molar-refractivity contribution >= 4 is 31.6 Å². The Balaban J connectivity index is 2.30.